The summed E-state index contributed by atoms with van der Waals surface area (Å²) in [7, 11) is 0. The van der Waals surface area contributed by atoms with Crippen LogP contribution in [-0.4, -0.2) is 10.2 Å². The number of hydrogen-bond acceptors (Lipinski definition) is 5. The van der Waals surface area contributed by atoms with E-state index in [0.29, 0.717) is 11.6 Å². The zero-order valence-corrected chi connectivity index (χ0v) is 6.43. The van der Waals surface area contributed by atoms with Gasteiger partial charge in [0.15, 0.2) is 11.6 Å². The van der Waals surface area contributed by atoms with Crippen molar-refractivity contribution in [2.45, 2.75) is 0 Å². The Kier molecular flexibility index (Phi) is 1.19. The summed E-state index contributed by atoms with van der Waals surface area (Å²) in [5.41, 5.74) is 11.1. The molecule has 0 aliphatic rings. The van der Waals surface area contributed by atoms with Gasteiger partial charge in [-0.05, 0) is 11.4 Å². The molecule has 0 amide bonds. The van der Waals surface area contributed by atoms with Gasteiger partial charge in [0.25, 0.3) is 0 Å². The number of aromatic nitrogens is 2. The molecule has 0 saturated carbocycles. The van der Waals surface area contributed by atoms with Crippen molar-refractivity contribution in [2.75, 3.05) is 11.5 Å². The molecule has 0 aromatic carbocycles. The van der Waals surface area contributed by atoms with Crippen molar-refractivity contribution < 1.29 is 0 Å². The fraction of sp³-hybridized carbons (Fsp3) is 0. The molecule has 0 saturated heterocycles. The summed E-state index contributed by atoms with van der Waals surface area (Å²) in [6, 6.07) is 1.89. The Hall–Kier alpha value is -1.36. The quantitative estimate of drug-likeness (QED) is 0.608. The van der Waals surface area contributed by atoms with Crippen LogP contribution in [0.4, 0.5) is 11.6 Å². The molecule has 4 nitrogen and oxygen atoms in total. The third-order valence-corrected chi connectivity index (χ3v) is 2.38. The first-order valence-corrected chi connectivity index (χ1v) is 3.92. The number of rotatable bonds is 0. The predicted octanol–water partition coefficient (Wildman–Crippen LogP) is 0.856. The summed E-state index contributed by atoms with van der Waals surface area (Å²) in [4.78, 5) is 0. The highest BCUT2D eigenvalue weighted by Gasteiger charge is 2.04. The Bertz CT molecular complexity index is 358. The van der Waals surface area contributed by atoms with Crippen LogP contribution in [0.15, 0.2) is 11.4 Å². The molecule has 2 rings (SSSR count). The van der Waals surface area contributed by atoms with Crippen LogP contribution in [-0.2, 0) is 0 Å². The fourth-order valence-corrected chi connectivity index (χ4v) is 1.72. The van der Waals surface area contributed by atoms with Crippen molar-refractivity contribution >= 4 is 33.1 Å². The third kappa shape index (κ3) is 0.813. The van der Waals surface area contributed by atoms with E-state index < -0.39 is 0 Å². The van der Waals surface area contributed by atoms with Crippen molar-refractivity contribution in [3.05, 3.63) is 11.4 Å². The lowest BCUT2D eigenvalue weighted by atomic mass is 10.3. The van der Waals surface area contributed by atoms with Gasteiger partial charge in [0.2, 0.25) is 0 Å². The van der Waals surface area contributed by atoms with E-state index >= 15 is 0 Å². The van der Waals surface area contributed by atoms with Gasteiger partial charge in [-0.1, -0.05) is 0 Å². The molecule has 0 bridgehead atoms. The summed E-state index contributed by atoms with van der Waals surface area (Å²) in [6.45, 7) is 0. The topological polar surface area (TPSA) is 77.8 Å². The van der Waals surface area contributed by atoms with Crippen LogP contribution in [0, 0.1) is 0 Å². The molecule has 0 radical (unpaired) electrons. The molecule has 0 spiro atoms. The number of hydrogen-bond donors (Lipinski definition) is 2. The van der Waals surface area contributed by atoms with Gasteiger partial charge in [-0.15, -0.1) is 21.5 Å². The van der Waals surface area contributed by atoms with Crippen molar-refractivity contribution in [3.8, 4) is 0 Å². The molecule has 2 aromatic rings. The maximum Gasteiger partial charge on any atom is 0.164 e. The van der Waals surface area contributed by atoms with E-state index in [2.05, 4.69) is 10.2 Å². The Labute approximate surface area is 66.8 Å². The van der Waals surface area contributed by atoms with Gasteiger partial charge in [0.05, 0.1) is 4.70 Å². The third-order valence-electron chi connectivity index (χ3n) is 1.44. The number of fused-ring (bicyclic) bond motifs is 1. The molecular weight excluding hydrogens is 160 g/mol. The molecule has 2 heterocycles. The molecular formula is C6H6N4S. The normalized spacial score (nSPS) is 10.5. The average Bonchev–Trinajstić information content (AvgIpc) is 2.45. The van der Waals surface area contributed by atoms with Crippen LogP contribution in [0.25, 0.3) is 10.1 Å². The molecule has 56 valence electrons. The fourth-order valence-electron chi connectivity index (χ4n) is 0.916. The van der Waals surface area contributed by atoms with Crippen molar-refractivity contribution in [2.24, 2.45) is 0 Å². The Morgan fingerprint density at radius 2 is 1.91 bits per heavy atom. The Morgan fingerprint density at radius 1 is 1.18 bits per heavy atom. The van der Waals surface area contributed by atoms with Crippen LogP contribution in [0.5, 0.6) is 0 Å². The molecule has 0 fully saturated rings. The van der Waals surface area contributed by atoms with Gasteiger partial charge in [0.1, 0.15) is 0 Å². The first-order valence-electron chi connectivity index (χ1n) is 3.04. The minimum atomic E-state index is 0.440. The van der Waals surface area contributed by atoms with Crippen molar-refractivity contribution in [1.29, 1.82) is 0 Å². The van der Waals surface area contributed by atoms with E-state index in [-0.39, 0.29) is 0 Å². The van der Waals surface area contributed by atoms with Gasteiger partial charge >= 0.3 is 0 Å². The summed E-state index contributed by atoms with van der Waals surface area (Å²) < 4.78 is 0.914. The maximum atomic E-state index is 5.55. The standard InChI is InChI=1S/C6H6N4S/c7-5-3-1-2-11-4(3)6(8)10-9-5/h1-2H,(H2,7,9)(H2,8,10). The molecule has 0 unspecified atom stereocenters. The maximum absolute atomic E-state index is 5.55. The van der Waals surface area contributed by atoms with E-state index in [1.807, 2.05) is 11.4 Å². The van der Waals surface area contributed by atoms with E-state index in [4.69, 9.17) is 11.5 Å². The number of nitrogens with zero attached hydrogens (tertiary/aromatic N) is 2. The Balaban J connectivity index is 2.96. The zero-order valence-electron chi connectivity index (χ0n) is 5.61. The van der Waals surface area contributed by atoms with Gasteiger partial charge in [-0.3, -0.25) is 0 Å². The van der Waals surface area contributed by atoms with Crippen LogP contribution >= 0.6 is 11.3 Å². The van der Waals surface area contributed by atoms with Crippen LogP contribution in [0.2, 0.25) is 0 Å². The van der Waals surface area contributed by atoms with Crippen molar-refractivity contribution in [3.63, 3.8) is 0 Å². The van der Waals surface area contributed by atoms with E-state index in [1.165, 1.54) is 11.3 Å². The smallest absolute Gasteiger partial charge is 0.164 e. The predicted molar refractivity (Wildman–Crippen MR) is 46.2 cm³/mol. The lowest BCUT2D eigenvalue weighted by molar-refractivity contribution is 1.07. The molecule has 0 aliphatic heterocycles. The molecule has 11 heavy (non-hydrogen) atoms. The first-order chi connectivity index (χ1) is 5.29. The van der Waals surface area contributed by atoms with Gasteiger partial charge in [0, 0.05) is 5.39 Å². The summed E-state index contributed by atoms with van der Waals surface area (Å²) in [5, 5.41) is 10.2. The first kappa shape index (κ1) is 6.36. The van der Waals surface area contributed by atoms with Gasteiger partial charge in [-0.2, -0.15) is 0 Å². The highest BCUT2D eigenvalue weighted by atomic mass is 32.1. The molecule has 4 N–H and O–H groups in total. The average molecular weight is 166 g/mol. The molecule has 0 aliphatic carbocycles. The highest BCUT2D eigenvalue weighted by molar-refractivity contribution is 7.17. The second-order valence-electron chi connectivity index (χ2n) is 2.13. The summed E-state index contributed by atoms with van der Waals surface area (Å²) >= 11 is 1.52. The van der Waals surface area contributed by atoms with Crippen LogP contribution in [0.3, 0.4) is 0 Å². The van der Waals surface area contributed by atoms with Gasteiger partial charge in [-0.25, -0.2) is 0 Å². The Morgan fingerprint density at radius 3 is 2.64 bits per heavy atom. The van der Waals surface area contributed by atoms with Crippen molar-refractivity contribution in [1.82, 2.24) is 10.2 Å². The molecule has 5 heteroatoms. The summed E-state index contributed by atoms with van der Waals surface area (Å²) in [5.74, 6) is 0.889. The lowest BCUT2D eigenvalue weighted by Gasteiger charge is -1.95. The van der Waals surface area contributed by atoms with E-state index in [1.54, 1.807) is 0 Å². The second-order valence-corrected chi connectivity index (χ2v) is 3.05. The largest absolute Gasteiger partial charge is 0.382 e. The highest BCUT2D eigenvalue weighted by Crippen LogP contribution is 2.27. The van der Waals surface area contributed by atoms with Crippen LogP contribution in [0.1, 0.15) is 0 Å². The summed E-state index contributed by atoms with van der Waals surface area (Å²) in [6.07, 6.45) is 0. The monoisotopic (exact) mass is 166 g/mol. The minimum Gasteiger partial charge on any atom is -0.382 e. The number of anilines is 2. The minimum absolute atomic E-state index is 0.440. The van der Waals surface area contributed by atoms with Gasteiger partial charge < -0.3 is 11.5 Å². The molecule has 2 aromatic heterocycles. The number of thiophene rings is 1. The zero-order chi connectivity index (χ0) is 7.84. The van der Waals surface area contributed by atoms with E-state index in [9.17, 15) is 0 Å². The SMILES string of the molecule is Nc1nnc(N)c2sccc12. The van der Waals surface area contributed by atoms with Crippen LogP contribution < -0.4 is 11.5 Å². The molecule has 0 atom stereocenters. The second kappa shape index (κ2) is 2.06. The number of nitrogen functional groups attached to an aromatic ring is 2. The lowest BCUT2D eigenvalue weighted by Crippen LogP contribution is -1.97. The van der Waals surface area contributed by atoms with E-state index in [0.717, 1.165) is 10.1 Å². The number of nitrogens with two attached hydrogens (primary N) is 2.